The van der Waals surface area contributed by atoms with Gasteiger partial charge in [0.1, 0.15) is 0 Å². The smallest absolute Gasteiger partial charge is 0.0995 e. The van der Waals surface area contributed by atoms with Crippen LogP contribution >= 0.6 is 0 Å². The number of hydrogen-bond donors (Lipinski definition) is 1. The summed E-state index contributed by atoms with van der Waals surface area (Å²) in [4.78, 5) is 6.46. The van der Waals surface area contributed by atoms with E-state index in [9.17, 15) is 0 Å². The van der Waals surface area contributed by atoms with Crippen molar-refractivity contribution in [3.8, 4) is 5.69 Å². The van der Waals surface area contributed by atoms with Gasteiger partial charge in [-0.1, -0.05) is 12.1 Å². The Balaban J connectivity index is 2.07. The molecule has 0 aliphatic carbocycles. The van der Waals surface area contributed by atoms with Crippen LogP contribution in [0.25, 0.3) is 5.69 Å². The van der Waals surface area contributed by atoms with Crippen molar-refractivity contribution in [3.05, 3.63) is 42.5 Å². The molecule has 1 saturated heterocycles. The fourth-order valence-electron chi connectivity index (χ4n) is 2.35. The summed E-state index contributed by atoms with van der Waals surface area (Å²) in [5.41, 5.74) is 3.70. The number of aromatic nitrogens is 2. The zero-order valence-corrected chi connectivity index (χ0v) is 10.8. The summed E-state index contributed by atoms with van der Waals surface area (Å²) in [5, 5.41) is 3.31. The number of para-hydroxylation sites is 2. The van der Waals surface area contributed by atoms with Crippen LogP contribution in [-0.2, 0) is 0 Å². The molecule has 0 unspecified atom stereocenters. The zero-order chi connectivity index (χ0) is 12.5. The van der Waals surface area contributed by atoms with Gasteiger partial charge in [0.25, 0.3) is 0 Å². The van der Waals surface area contributed by atoms with E-state index in [1.807, 2.05) is 12.5 Å². The Hall–Kier alpha value is -1.81. The third-order valence-electron chi connectivity index (χ3n) is 3.49. The molecule has 0 saturated carbocycles. The maximum Gasteiger partial charge on any atom is 0.0995 e. The largest absolute Gasteiger partial charge is 0.376 e. The molecule has 94 valence electrons. The minimum absolute atomic E-state index is 0.586. The van der Waals surface area contributed by atoms with Crippen LogP contribution < -0.4 is 10.2 Å². The number of benzene rings is 1. The Kier molecular flexibility index (Phi) is 2.80. The highest BCUT2D eigenvalue weighted by Crippen LogP contribution is 2.27. The average molecular weight is 242 g/mol. The molecule has 0 amide bonds. The first kappa shape index (κ1) is 11.3. The standard InChI is InChI=1S/C14H18N4/c1-17(2)12-5-3-4-6-13(12)18-10-16-9-14(18)11-7-15-8-11/h3-6,9-11,15H,7-8H2,1-2H3. The molecule has 0 bridgehead atoms. The Bertz CT molecular complexity index is 540. The first-order valence-corrected chi connectivity index (χ1v) is 6.27. The Labute approximate surface area is 107 Å². The van der Waals surface area contributed by atoms with Crippen molar-refractivity contribution in [1.82, 2.24) is 14.9 Å². The van der Waals surface area contributed by atoms with E-state index in [-0.39, 0.29) is 0 Å². The van der Waals surface area contributed by atoms with Crippen LogP contribution in [0.3, 0.4) is 0 Å². The second-order valence-corrected chi connectivity index (χ2v) is 4.93. The lowest BCUT2D eigenvalue weighted by atomic mass is 9.99. The first-order valence-electron chi connectivity index (χ1n) is 6.27. The van der Waals surface area contributed by atoms with E-state index in [0.717, 1.165) is 13.1 Å². The normalized spacial score (nSPS) is 15.4. The maximum atomic E-state index is 4.32. The lowest BCUT2D eigenvalue weighted by Crippen LogP contribution is -2.40. The topological polar surface area (TPSA) is 33.1 Å². The van der Waals surface area contributed by atoms with Crippen molar-refractivity contribution in [2.45, 2.75) is 5.92 Å². The molecule has 1 aliphatic heterocycles. The van der Waals surface area contributed by atoms with Crippen LogP contribution in [-0.4, -0.2) is 36.7 Å². The van der Waals surface area contributed by atoms with Crippen molar-refractivity contribution in [2.24, 2.45) is 0 Å². The molecule has 2 heterocycles. The van der Waals surface area contributed by atoms with Gasteiger partial charge in [0.15, 0.2) is 0 Å². The average Bonchev–Trinajstić information content (AvgIpc) is 2.75. The molecule has 0 radical (unpaired) electrons. The van der Waals surface area contributed by atoms with Crippen LogP contribution in [0.5, 0.6) is 0 Å². The van der Waals surface area contributed by atoms with Crippen molar-refractivity contribution >= 4 is 5.69 Å². The molecule has 0 spiro atoms. The van der Waals surface area contributed by atoms with Gasteiger partial charge in [-0.25, -0.2) is 4.98 Å². The molecule has 1 N–H and O–H groups in total. The van der Waals surface area contributed by atoms with E-state index in [4.69, 9.17) is 0 Å². The molecule has 1 aliphatic rings. The monoisotopic (exact) mass is 242 g/mol. The second-order valence-electron chi connectivity index (χ2n) is 4.93. The third-order valence-corrected chi connectivity index (χ3v) is 3.49. The molecule has 1 aromatic carbocycles. The van der Waals surface area contributed by atoms with Gasteiger partial charge >= 0.3 is 0 Å². The maximum absolute atomic E-state index is 4.32. The van der Waals surface area contributed by atoms with Gasteiger partial charge in [-0.2, -0.15) is 0 Å². The van der Waals surface area contributed by atoms with Gasteiger partial charge in [-0.05, 0) is 12.1 Å². The van der Waals surface area contributed by atoms with Crippen molar-refractivity contribution in [2.75, 3.05) is 32.1 Å². The molecule has 2 aromatic rings. The van der Waals surface area contributed by atoms with Gasteiger partial charge in [0.05, 0.1) is 17.7 Å². The number of nitrogens with one attached hydrogen (secondary N) is 1. The van der Waals surface area contributed by atoms with Crippen molar-refractivity contribution in [1.29, 1.82) is 0 Å². The lowest BCUT2D eigenvalue weighted by molar-refractivity contribution is 0.435. The molecular weight excluding hydrogens is 224 g/mol. The first-order chi connectivity index (χ1) is 8.77. The predicted octanol–water partition coefficient (Wildman–Crippen LogP) is 1.63. The molecule has 1 aromatic heterocycles. The molecule has 3 rings (SSSR count). The Morgan fingerprint density at radius 2 is 2.06 bits per heavy atom. The van der Waals surface area contributed by atoms with E-state index >= 15 is 0 Å². The number of imidazole rings is 1. The highest BCUT2D eigenvalue weighted by Gasteiger charge is 2.23. The van der Waals surface area contributed by atoms with E-state index in [1.54, 1.807) is 0 Å². The molecular formula is C14H18N4. The lowest BCUT2D eigenvalue weighted by Gasteiger charge is -2.28. The highest BCUT2D eigenvalue weighted by molar-refractivity contribution is 5.62. The summed E-state index contributed by atoms with van der Waals surface area (Å²) >= 11 is 0. The van der Waals surface area contributed by atoms with Crippen LogP contribution in [0.2, 0.25) is 0 Å². The van der Waals surface area contributed by atoms with Crippen LogP contribution in [0.15, 0.2) is 36.8 Å². The number of rotatable bonds is 3. The predicted molar refractivity (Wildman–Crippen MR) is 73.5 cm³/mol. The van der Waals surface area contributed by atoms with Gasteiger partial charge in [0.2, 0.25) is 0 Å². The van der Waals surface area contributed by atoms with Gasteiger partial charge < -0.3 is 14.8 Å². The van der Waals surface area contributed by atoms with Gasteiger partial charge in [-0.15, -0.1) is 0 Å². The SMILES string of the molecule is CN(C)c1ccccc1-n1cncc1C1CNC1. The third kappa shape index (κ3) is 1.78. The van der Waals surface area contributed by atoms with Crippen LogP contribution in [0, 0.1) is 0 Å². The molecule has 4 heteroatoms. The van der Waals surface area contributed by atoms with Crippen molar-refractivity contribution in [3.63, 3.8) is 0 Å². The van der Waals surface area contributed by atoms with E-state index in [2.05, 4.69) is 58.1 Å². The summed E-state index contributed by atoms with van der Waals surface area (Å²) in [5.74, 6) is 0.586. The quantitative estimate of drug-likeness (QED) is 0.888. The number of anilines is 1. The summed E-state index contributed by atoms with van der Waals surface area (Å²) in [6.07, 6.45) is 3.90. The minimum Gasteiger partial charge on any atom is -0.376 e. The molecule has 1 fully saturated rings. The van der Waals surface area contributed by atoms with Gasteiger partial charge in [0, 0.05) is 45.0 Å². The summed E-state index contributed by atoms with van der Waals surface area (Å²) in [6.45, 7) is 2.10. The van der Waals surface area contributed by atoms with Crippen LogP contribution in [0.4, 0.5) is 5.69 Å². The number of hydrogen-bond acceptors (Lipinski definition) is 3. The van der Waals surface area contributed by atoms with Crippen molar-refractivity contribution < 1.29 is 0 Å². The zero-order valence-electron chi connectivity index (χ0n) is 10.8. The van der Waals surface area contributed by atoms with E-state index in [0.29, 0.717) is 5.92 Å². The summed E-state index contributed by atoms with van der Waals surface area (Å²) < 4.78 is 2.21. The molecule has 4 nitrogen and oxygen atoms in total. The van der Waals surface area contributed by atoms with E-state index in [1.165, 1.54) is 17.1 Å². The van der Waals surface area contributed by atoms with Crippen LogP contribution in [0.1, 0.15) is 11.6 Å². The fraction of sp³-hybridized carbons (Fsp3) is 0.357. The Morgan fingerprint density at radius 1 is 1.28 bits per heavy atom. The van der Waals surface area contributed by atoms with Gasteiger partial charge in [-0.3, -0.25) is 0 Å². The fourth-order valence-corrected chi connectivity index (χ4v) is 2.35. The summed E-state index contributed by atoms with van der Waals surface area (Å²) in [6, 6.07) is 8.43. The minimum atomic E-state index is 0.586. The van der Waals surface area contributed by atoms with E-state index < -0.39 is 0 Å². The molecule has 18 heavy (non-hydrogen) atoms. The second kappa shape index (κ2) is 4.46. The highest BCUT2D eigenvalue weighted by atomic mass is 15.1. The Morgan fingerprint density at radius 3 is 2.72 bits per heavy atom. The number of nitrogens with zero attached hydrogens (tertiary/aromatic N) is 3. The molecule has 0 atom stereocenters. The summed E-state index contributed by atoms with van der Waals surface area (Å²) in [7, 11) is 4.14.